The van der Waals surface area contributed by atoms with Gasteiger partial charge in [-0.15, -0.1) is 0 Å². The summed E-state index contributed by atoms with van der Waals surface area (Å²) in [6.07, 6.45) is 3.06. The zero-order valence-electron chi connectivity index (χ0n) is 12.9. The molecule has 1 aliphatic heterocycles. The first-order valence-electron chi connectivity index (χ1n) is 8.30. The maximum atomic E-state index is 11.0. The molecule has 2 aromatic rings. The summed E-state index contributed by atoms with van der Waals surface area (Å²) in [5, 5.41) is 11.0. The number of hydrogen-bond acceptors (Lipinski definition) is 2. The summed E-state index contributed by atoms with van der Waals surface area (Å²) in [6.45, 7) is 2.03. The van der Waals surface area contributed by atoms with Crippen molar-refractivity contribution in [3.63, 3.8) is 0 Å². The van der Waals surface area contributed by atoms with Gasteiger partial charge in [0, 0.05) is 12.6 Å². The van der Waals surface area contributed by atoms with E-state index in [1.54, 1.807) is 0 Å². The van der Waals surface area contributed by atoms with Crippen LogP contribution >= 0.6 is 0 Å². The fraction of sp³-hybridized carbons (Fsp3) is 0.400. The topological polar surface area (TPSA) is 23.5 Å². The van der Waals surface area contributed by atoms with Crippen molar-refractivity contribution in [2.24, 2.45) is 5.92 Å². The molecule has 114 valence electrons. The van der Waals surface area contributed by atoms with Crippen molar-refractivity contribution < 1.29 is 5.11 Å². The lowest BCUT2D eigenvalue weighted by atomic mass is 9.92. The van der Waals surface area contributed by atoms with Crippen molar-refractivity contribution in [3.05, 3.63) is 71.8 Å². The fourth-order valence-electron chi connectivity index (χ4n) is 4.04. The Morgan fingerprint density at radius 1 is 0.955 bits per heavy atom. The molecule has 0 radical (unpaired) electrons. The van der Waals surface area contributed by atoms with Crippen LogP contribution in [0.2, 0.25) is 0 Å². The molecule has 4 rings (SSSR count). The van der Waals surface area contributed by atoms with Crippen LogP contribution in [0.1, 0.15) is 24.0 Å². The molecule has 22 heavy (non-hydrogen) atoms. The first-order valence-corrected chi connectivity index (χ1v) is 8.30. The van der Waals surface area contributed by atoms with Gasteiger partial charge < -0.3 is 5.11 Å². The highest BCUT2D eigenvalue weighted by Gasteiger charge is 2.61. The summed E-state index contributed by atoms with van der Waals surface area (Å²) < 4.78 is 0. The molecule has 1 heterocycles. The standard InChI is InChI=1S/C20H23NO/c22-20-14-18(20)11-12-21(15-17-9-5-2-6-10-17)19(20)13-16-7-3-1-4-8-16/h1-10,18-19,22H,11-15H2/t18?,19-,20?/m0/s1. The van der Waals surface area contributed by atoms with Crippen molar-refractivity contribution in [2.75, 3.05) is 6.54 Å². The van der Waals surface area contributed by atoms with E-state index in [4.69, 9.17) is 0 Å². The highest BCUT2D eigenvalue weighted by molar-refractivity contribution is 5.23. The van der Waals surface area contributed by atoms with E-state index in [9.17, 15) is 5.11 Å². The van der Waals surface area contributed by atoms with Crippen molar-refractivity contribution in [2.45, 2.75) is 37.5 Å². The highest BCUT2D eigenvalue weighted by Crippen LogP contribution is 2.53. The van der Waals surface area contributed by atoms with Gasteiger partial charge >= 0.3 is 0 Å². The predicted octanol–water partition coefficient (Wildman–Crippen LogP) is 3.25. The van der Waals surface area contributed by atoms with E-state index in [-0.39, 0.29) is 6.04 Å². The summed E-state index contributed by atoms with van der Waals surface area (Å²) in [6, 6.07) is 21.5. The molecule has 1 aliphatic carbocycles. The Morgan fingerprint density at radius 2 is 1.59 bits per heavy atom. The third kappa shape index (κ3) is 2.57. The molecule has 2 aliphatic rings. The summed E-state index contributed by atoms with van der Waals surface area (Å²) in [7, 11) is 0. The molecule has 2 aromatic carbocycles. The zero-order chi connectivity index (χ0) is 15.0. The van der Waals surface area contributed by atoms with Gasteiger partial charge in [0.2, 0.25) is 0 Å². The second kappa shape index (κ2) is 5.53. The van der Waals surface area contributed by atoms with Gasteiger partial charge in [0.1, 0.15) is 0 Å². The van der Waals surface area contributed by atoms with Gasteiger partial charge in [-0.3, -0.25) is 4.90 Å². The molecule has 2 heteroatoms. The van der Waals surface area contributed by atoms with E-state index in [1.165, 1.54) is 11.1 Å². The molecular formula is C20H23NO. The van der Waals surface area contributed by atoms with E-state index in [0.29, 0.717) is 5.92 Å². The monoisotopic (exact) mass is 293 g/mol. The number of fused-ring (bicyclic) bond motifs is 1. The lowest BCUT2D eigenvalue weighted by molar-refractivity contribution is -0.0125. The number of aliphatic hydroxyl groups is 1. The van der Waals surface area contributed by atoms with Crippen LogP contribution in [0, 0.1) is 5.92 Å². The molecule has 0 bridgehead atoms. The Morgan fingerprint density at radius 3 is 2.27 bits per heavy atom. The van der Waals surface area contributed by atoms with Crippen LogP contribution < -0.4 is 0 Å². The number of likely N-dealkylation sites (tertiary alicyclic amines) is 1. The minimum atomic E-state index is -0.455. The van der Waals surface area contributed by atoms with Crippen LogP contribution in [-0.4, -0.2) is 28.2 Å². The number of rotatable bonds is 4. The zero-order valence-corrected chi connectivity index (χ0v) is 12.9. The van der Waals surface area contributed by atoms with E-state index >= 15 is 0 Å². The van der Waals surface area contributed by atoms with Gasteiger partial charge in [0.25, 0.3) is 0 Å². The molecule has 2 unspecified atom stereocenters. The van der Waals surface area contributed by atoms with Crippen LogP contribution in [0.25, 0.3) is 0 Å². The number of piperidine rings is 1. The molecule has 2 fully saturated rings. The largest absolute Gasteiger partial charge is 0.388 e. The molecule has 1 N–H and O–H groups in total. The van der Waals surface area contributed by atoms with Gasteiger partial charge in [-0.05, 0) is 42.9 Å². The highest BCUT2D eigenvalue weighted by atomic mass is 16.3. The van der Waals surface area contributed by atoms with Gasteiger partial charge in [-0.1, -0.05) is 60.7 Å². The van der Waals surface area contributed by atoms with E-state index in [0.717, 1.165) is 32.4 Å². The molecule has 0 aromatic heterocycles. The second-order valence-electron chi connectivity index (χ2n) is 6.84. The second-order valence-corrected chi connectivity index (χ2v) is 6.84. The smallest absolute Gasteiger partial charge is 0.0838 e. The van der Waals surface area contributed by atoms with Crippen molar-refractivity contribution in [3.8, 4) is 0 Å². The fourth-order valence-corrected chi connectivity index (χ4v) is 4.04. The Bertz CT molecular complexity index is 625. The quantitative estimate of drug-likeness (QED) is 0.935. The molecule has 1 saturated carbocycles. The van der Waals surface area contributed by atoms with Gasteiger partial charge in [0.05, 0.1) is 5.60 Å². The molecule has 0 amide bonds. The lowest BCUT2D eigenvalue weighted by Gasteiger charge is -2.39. The summed E-state index contributed by atoms with van der Waals surface area (Å²) in [4.78, 5) is 2.49. The summed E-state index contributed by atoms with van der Waals surface area (Å²) in [5.74, 6) is 0.522. The summed E-state index contributed by atoms with van der Waals surface area (Å²) >= 11 is 0. The first kappa shape index (κ1) is 14.0. The van der Waals surface area contributed by atoms with Crippen molar-refractivity contribution in [1.82, 2.24) is 4.90 Å². The molecule has 1 saturated heterocycles. The third-order valence-electron chi connectivity index (χ3n) is 5.40. The maximum Gasteiger partial charge on any atom is 0.0838 e. The van der Waals surface area contributed by atoms with Gasteiger partial charge in [-0.2, -0.15) is 0 Å². The van der Waals surface area contributed by atoms with E-state index < -0.39 is 5.60 Å². The van der Waals surface area contributed by atoms with E-state index in [2.05, 4.69) is 65.6 Å². The SMILES string of the molecule is OC12CC1CCN(Cc1ccccc1)[C@H]2Cc1ccccc1. The molecule has 0 spiro atoms. The lowest BCUT2D eigenvalue weighted by Crippen LogP contribution is -2.50. The average molecular weight is 293 g/mol. The number of hydrogen-bond donors (Lipinski definition) is 1. The normalized spacial score (nSPS) is 30.8. The Balaban J connectivity index is 1.56. The first-order chi connectivity index (χ1) is 10.8. The average Bonchev–Trinajstić information content (AvgIpc) is 3.24. The minimum Gasteiger partial charge on any atom is -0.388 e. The van der Waals surface area contributed by atoms with Crippen LogP contribution in [0.3, 0.4) is 0 Å². The van der Waals surface area contributed by atoms with Crippen LogP contribution in [-0.2, 0) is 13.0 Å². The van der Waals surface area contributed by atoms with Gasteiger partial charge in [0.15, 0.2) is 0 Å². The molecule has 3 atom stereocenters. The van der Waals surface area contributed by atoms with E-state index in [1.807, 2.05) is 0 Å². The van der Waals surface area contributed by atoms with Crippen LogP contribution in [0.5, 0.6) is 0 Å². The predicted molar refractivity (Wildman–Crippen MR) is 88.5 cm³/mol. The Hall–Kier alpha value is -1.64. The van der Waals surface area contributed by atoms with Crippen LogP contribution in [0.4, 0.5) is 0 Å². The van der Waals surface area contributed by atoms with Crippen LogP contribution in [0.15, 0.2) is 60.7 Å². The third-order valence-corrected chi connectivity index (χ3v) is 5.40. The Kier molecular flexibility index (Phi) is 3.51. The van der Waals surface area contributed by atoms with Crippen molar-refractivity contribution in [1.29, 1.82) is 0 Å². The number of nitrogens with zero attached hydrogens (tertiary/aromatic N) is 1. The molecule has 2 nitrogen and oxygen atoms in total. The van der Waals surface area contributed by atoms with Crippen molar-refractivity contribution >= 4 is 0 Å². The summed E-state index contributed by atoms with van der Waals surface area (Å²) in [5.41, 5.74) is 2.21. The Labute approximate surface area is 132 Å². The minimum absolute atomic E-state index is 0.244. The maximum absolute atomic E-state index is 11.0. The number of benzene rings is 2. The van der Waals surface area contributed by atoms with Gasteiger partial charge in [-0.25, -0.2) is 0 Å². The molecular weight excluding hydrogens is 270 g/mol.